The van der Waals surface area contributed by atoms with Crippen LogP contribution in [0.1, 0.15) is 0 Å². The van der Waals surface area contributed by atoms with Gasteiger partial charge in [0.1, 0.15) is 12.1 Å². The van der Waals surface area contributed by atoms with E-state index < -0.39 is 10.0 Å². The zero-order chi connectivity index (χ0) is 19.0. The summed E-state index contributed by atoms with van der Waals surface area (Å²) in [7, 11) is -2.06. The highest BCUT2D eigenvalue weighted by atomic mass is 32.2. The number of aryl methyl sites for hydroxylation is 1. The molecule has 138 valence electrons. The number of rotatable bonds is 4. The number of carbonyl (C=O) groups excluding carboxylic acids is 1. The molecule has 2 heterocycles. The molecular weight excluding hydrogens is 370 g/mol. The van der Waals surface area contributed by atoms with Crippen LogP contribution in [0.25, 0.3) is 11.4 Å². The lowest BCUT2D eigenvalue weighted by atomic mass is 10.2. The van der Waals surface area contributed by atoms with E-state index in [2.05, 4.69) is 20.2 Å². The largest absolute Gasteiger partial charge is 0.482 e. The lowest BCUT2D eigenvalue weighted by molar-refractivity contribution is -0.118. The molecule has 0 atom stereocenters. The molecule has 1 aliphatic rings. The first-order chi connectivity index (χ1) is 12.9. The molecule has 1 aromatic heterocycles. The van der Waals surface area contributed by atoms with Gasteiger partial charge >= 0.3 is 0 Å². The highest BCUT2D eigenvalue weighted by Crippen LogP contribution is 2.31. The van der Waals surface area contributed by atoms with Crippen LogP contribution in [0.5, 0.6) is 5.75 Å². The first-order valence-corrected chi connectivity index (χ1v) is 9.45. The van der Waals surface area contributed by atoms with Gasteiger partial charge in [0.05, 0.1) is 10.6 Å². The summed E-state index contributed by atoms with van der Waals surface area (Å²) in [6.45, 7) is -0.0911. The third-order valence-corrected chi connectivity index (χ3v) is 5.36. The number of hydrogen-bond acceptors (Lipinski definition) is 6. The third kappa shape index (κ3) is 3.34. The fourth-order valence-corrected chi connectivity index (χ4v) is 3.79. The Kier molecular flexibility index (Phi) is 4.04. The summed E-state index contributed by atoms with van der Waals surface area (Å²) in [5.41, 5.74) is 1.43. The van der Waals surface area contributed by atoms with Gasteiger partial charge in [-0.2, -0.15) is 0 Å². The van der Waals surface area contributed by atoms with Crippen LogP contribution >= 0.6 is 0 Å². The summed E-state index contributed by atoms with van der Waals surface area (Å²) in [5.74, 6) is 0.712. The highest BCUT2D eigenvalue weighted by molar-refractivity contribution is 7.92. The number of amides is 1. The maximum absolute atomic E-state index is 12.7. The van der Waals surface area contributed by atoms with Crippen molar-refractivity contribution in [3.05, 3.63) is 48.8 Å². The molecule has 0 radical (unpaired) electrons. The summed E-state index contributed by atoms with van der Waals surface area (Å²) in [5, 5.41) is 10.4. The average Bonchev–Trinajstić information content (AvgIpc) is 3.07. The maximum Gasteiger partial charge on any atom is 0.262 e. The highest BCUT2D eigenvalue weighted by Gasteiger charge is 2.21. The molecule has 0 saturated heterocycles. The van der Waals surface area contributed by atoms with Crippen molar-refractivity contribution in [2.45, 2.75) is 4.90 Å². The molecule has 1 aliphatic heterocycles. The Hall–Kier alpha value is -3.40. The van der Waals surface area contributed by atoms with Crippen LogP contribution in [0.2, 0.25) is 0 Å². The van der Waals surface area contributed by atoms with E-state index in [4.69, 9.17) is 4.74 Å². The number of fused-ring (bicyclic) bond motifs is 1. The van der Waals surface area contributed by atoms with Crippen molar-refractivity contribution in [1.29, 1.82) is 0 Å². The van der Waals surface area contributed by atoms with E-state index in [1.807, 2.05) is 6.07 Å². The lowest BCUT2D eigenvalue weighted by Gasteiger charge is -2.18. The number of benzene rings is 2. The Labute approximate surface area is 155 Å². The Morgan fingerprint density at radius 2 is 2.07 bits per heavy atom. The summed E-state index contributed by atoms with van der Waals surface area (Å²) >= 11 is 0. The molecule has 10 heteroatoms. The molecule has 27 heavy (non-hydrogen) atoms. The summed E-state index contributed by atoms with van der Waals surface area (Å²) in [4.78, 5) is 11.5. The minimum atomic E-state index is -3.86. The van der Waals surface area contributed by atoms with E-state index in [0.29, 0.717) is 22.9 Å². The number of hydrogen-bond donors (Lipinski definition) is 2. The second-order valence-corrected chi connectivity index (χ2v) is 7.63. The topological polar surface area (TPSA) is 115 Å². The summed E-state index contributed by atoms with van der Waals surface area (Å²) < 4.78 is 35.0. The van der Waals surface area contributed by atoms with Crippen molar-refractivity contribution in [2.75, 3.05) is 16.6 Å². The third-order valence-electron chi connectivity index (χ3n) is 3.98. The van der Waals surface area contributed by atoms with Crippen LogP contribution in [0, 0.1) is 0 Å². The van der Waals surface area contributed by atoms with E-state index in [9.17, 15) is 13.2 Å². The number of nitrogens with one attached hydrogen (secondary N) is 2. The standard InChI is InChI=1S/C17H15N5O4S/c1-22-10-18-20-17(22)11-3-2-4-12(7-11)21-27(24,25)13-5-6-15-14(8-13)19-16(23)9-26-15/h2-8,10,21H,9H2,1H3,(H,19,23). The lowest BCUT2D eigenvalue weighted by Crippen LogP contribution is -2.25. The SMILES string of the molecule is Cn1cnnc1-c1cccc(NS(=O)(=O)c2ccc3c(c2)NC(=O)CO3)c1. The Balaban J connectivity index is 1.64. The fraction of sp³-hybridized carbons (Fsp3) is 0.118. The molecule has 0 bridgehead atoms. The molecule has 2 N–H and O–H groups in total. The molecule has 4 rings (SSSR count). The van der Waals surface area contributed by atoms with Gasteiger partial charge in [0, 0.05) is 18.3 Å². The second-order valence-electron chi connectivity index (χ2n) is 5.95. The van der Waals surface area contributed by atoms with Gasteiger partial charge < -0.3 is 14.6 Å². The van der Waals surface area contributed by atoms with Gasteiger partial charge in [-0.3, -0.25) is 9.52 Å². The van der Waals surface area contributed by atoms with Gasteiger partial charge in [0.25, 0.3) is 15.9 Å². The first-order valence-electron chi connectivity index (χ1n) is 7.96. The predicted octanol–water partition coefficient (Wildman–Crippen LogP) is 1.61. The number of anilines is 2. The van der Waals surface area contributed by atoms with E-state index >= 15 is 0 Å². The molecule has 2 aromatic carbocycles. The second kappa shape index (κ2) is 6.40. The number of nitrogens with zero attached hydrogens (tertiary/aromatic N) is 3. The Bertz CT molecular complexity index is 1140. The number of carbonyl (C=O) groups is 1. The van der Waals surface area contributed by atoms with Gasteiger partial charge in [-0.05, 0) is 30.3 Å². The molecule has 1 amide bonds. The van der Waals surface area contributed by atoms with Gasteiger partial charge in [0.2, 0.25) is 0 Å². The van der Waals surface area contributed by atoms with E-state index in [0.717, 1.165) is 5.56 Å². The van der Waals surface area contributed by atoms with Crippen LogP contribution in [0.4, 0.5) is 11.4 Å². The van der Waals surface area contributed by atoms with Crippen LogP contribution in [0.3, 0.4) is 0 Å². The van der Waals surface area contributed by atoms with Crippen molar-refractivity contribution in [3.63, 3.8) is 0 Å². The van der Waals surface area contributed by atoms with Crippen molar-refractivity contribution in [1.82, 2.24) is 14.8 Å². The zero-order valence-corrected chi connectivity index (χ0v) is 15.0. The van der Waals surface area contributed by atoms with Crippen molar-refractivity contribution in [2.24, 2.45) is 7.05 Å². The van der Waals surface area contributed by atoms with Gasteiger partial charge in [0.15, 0.2) is 12.4 Å². The van der Waals surface area contributed by atoms with Gasteiger partial charge in [-0.15, -0.1) is 10.2 Å². The van der Waals surface area contributed by atoms with Crippen LogP contribution < -0.4 is 14.8 Å². The molecule has 9 nitrogen and oxygen atoms in total. The number of aromatic nitrogens is 3. The van der Waals surface area contributed by atoms with Crippen molar-refractivity contribution < 1.29 is 17.9 Å². The summed E-state index contributed by atoms with van der Waals surface area (Å²) in [6.07, 6.45) is 1.57. The molecule has 3 aromatic rings. The smallest absolute Gasteiger partial charge is 0.262 e. The van der Waals surface area contributed by atoms with Crippen molar-refractivity contribution in [3.8, 4) is 17.1 Å². The van der Waals surface area contributed by atoms with Crippen molar-refractivity contribution >= 4 is 27.3 Å². The molecular formula is C17H15N5O4S. The molecule has 0 spiro atoms. The zero-order valence-electron chi connectivity index (χ0n) is 14.2. The summed E-state index contributed by atoms with van der Waals surface area (Å²) in [6, 6.07) is 11.1. The quantitative estimate of drug-likeness (QED) is 0.705. The van der Waals surface area contributed by atoms with Crippen LogP contribution in [-0.4, -0.2) is 35.7 Å². The minimum Gasteiger partial charge on any atom is -0.482 e. The maximum atomic E-state index is 12.7. The number of ether oxygens (including phenoxy) is 1. The van der Waals surface area contributed by atoms with Gasteiger partial charge in [-0.1, -0.05) is 12.1 Å². The molecule has 0 unspecified atom stereocenters. The van der Waals surface area contributed by atoms with E-state index in [1.165, 1.54) is 18.2 Å². The van der Waals surface area contributed by atoms with E-state index in [1.54, 1.807) is 36.1 Å². The average molecular weight is 385 g/mol. The molecule has 0 fully saturated rings. The first kappa shape index (κ1) is 17.0. The Morgan fingerprint density at radius 3 is 2.85 bits per heavy atom. The fourth-order valence-electron chi connectivity index (χ4n) is 2.71. The monoisotopic (exact) mass is 385 g/mol. The minimum absolute atomic E-state index is 0.0103. The van der Waals surface area contributed by atoms with E-state index in [-0.39, 0.29) is 17.4 Å². The van der Waals surface area contributed by atoms with Gasteiger partial charge in [-0.25, -0.2) is 8.42 Å². The normalized spacial score (nSPS) is 13.4. The van der Waals surface area contributed by atoms with Crippen LogP contribution in [-0.2, 0) is 21.9 Å². The molecule has 0 saturated carbocycles. The van der Waals surface area contributed by atoms with Crippen LogP contribution in [0.15, 0.2) is 53.7 Å². The Morgan fingerprint density at radius 1 is 1.22 bits per heavy atom. The predicted molar refractivity (Wildman–Crippen MR) is 97.8 cm³/mol. The molecule has 0 aliphatic carbocycles. The number of sulfonamides is 1.